The maximum atomic E-state index is 11.6. The highest BCUT2D eigenvalue weighted by atomic mass is 31.2. The number of carbonyl (C=O) groups is 1. The number of amides is 1. The lowest BCUT2D eigenvalue weighted by molar-refractivity contribution is 0.144. The first-order chi connectivity index (χ1) is 8.03. The van der Waals surface area contributed by atoms with Gasteiger partial charge in [-0.15, -0.1) is 0 Å². The molecule has 0 saturated heterocycles. The van der Waals surface area contributed by atoms with Crippen molar-refractivity contribution in [2.24, 2.45) is 0 Å². The van der Waals surface area contributed by atoms with Crippen molar-refractivity contribution in [2.45, 2.75) is 13.5 Å². The highest BCUT2D eigenvalue weighted by molar-refractivity contribution is 7.56. The van der Waals surface area contributed by atoms with Crippen LogP contribution in [0.15, 0.2) is 30.3 Å². The second-order valence-corrected chi connectivity index (χ2v) is 5.61. The minimum absolute atomic E-state index is 0.138. The Morgan fingerprint density at radius 2 is 2.00 bits per heavy atom. The Hall–Kier alpha value is -1.32. The molecule has 0 aliphatic rings. The van der Waals surface area contributed by atoms with Crippen molar-refractivity contribution in [3.05, 3.63) is 35.9 Å². The van der Waals surface area contributed by atoms with Crippen LogP contribution < -0.4 is 5.09 Å². The first-order valence-corrected chi connectivity index (χ1v) is 7.31. The molecule has 1 aromatic carbocycles. The van der Waals surface area contributed by atoms with Gasteiger partial charge < -0.3 is 9.26 Å². The van der Waals surface area contributed by atoms with Gasteiger partial charge in [-0.1, -0.05) is 30.3 Å². The van der Waals surface area contributed by atoms with Gasteiger partial charge in [-0.25, -0.2) is 4.79 Å². The van der Waals surface area contributed by atoms with Crippen LogP contribution in [0.25, 0.3) is 0 Å². The predicted molar refractivity (Wildman–Crippen MR) is 64.9 cm³/mol. The van der Waals surface area contributed by atoms with Crippen molar-refractivity contribution in [3.63, 3.8) is 0 Å². The number of nitrogens with one attached hydrogen (secondary N) is 1. The summed E-state index contributed by atoms with van der Waals surface area (Å²) >= 11 is 0. The molecule has 0 bridgehead atoms. The third kappa shape index (κ3) is 5.52. The fourth-order valence-electron chi connectivity index (χ4n) is 1.20. The molecule has 17 heavy (non-hydrogen) atoms. The van der Waals surface area contributed by atoms with Gasteiger partial charge in [0.1, 0.15) is 6.61 Å². The third-order valence-corrected chi connectivity index (χ3v) is 3.22. The molecule has 5 nitrogen and oxygen atoms in total. The van der Waals surface area contributed by atoms with Crippen LogP contribution in [0.1, 0.15) is 12.5 Å². The molecular weight excluding hydrogens is 241 g/mol. The summed E-state index contributed by atoms with van der Waals surface area (Å²) in [6.07, 6.45) is -0.742. The van der Waals surface area contributed by atoms with E-state index in [9.17, 15) is 9.36 Å². The first-order valence-electron chi connectivity index (χ1n) is 5.24. The second kappa shape index (κ2) is 6.42. The van der Waals surface area contributed by atoms with Gasteiger partial charge >= 0.3 is 6.09 Å². The van der Waals surface area contributed by atoms with E-state index in [1.807, 2.05) is 30.3 Å². The minimum Gasteiger partial charge on any atom is -0.444 e. The van der Waals surface area contributed by atoms with Crippen LogP contribution in [0.3, 0.4) is 0 Å². The Morgan fingerprint density at radius 1 is 1.35 bits per heavy atom. The van der Waals surface area contributed by atoms with E-state index >= 15 is 0 Å². The lowest BCUT2D eigenvalue weighted by Crippen LogP contribution is -2.22. The predicted octanol–water partition coefficient (Wildman–Crippen LogP) is 2.77. The summed E-state index contributed by atoms with van der Waals surface area (Å²) < 4.78 is 21.4. The van der Waals surface area contributed by atoms with Gasteiger partial charge in [0.25, 0.3) is 7.52 Å². The monoisotopic (exact) mass is 257 g/mol. The van der Waals surface area contributed by atoms with Crippen molar-refractivity contribution in [2.75, 3.05) is 13.3 Å². The van der Waals surface area contributed by atoms with E-state index < -0.39 is 13.6 Å². The van der Waals surface area contributed by atoms with E-state index in [0.717, 1.165) is 5.56 Å². The fourth-order valence-corrected chi connectivity index (χ4v) is 2.15. The molecule has 6 heteroatoms. The Balaban J connectivity index is 2.38. The maximum Gasteiger partial charge on any atom is 0.414 e. The van der Waals surface area contributed by atoms with Gasteiger partial charge in [0, 0.05) is 6.66 Å². The summed E-state index contributed by atoms with van der Waals surface area (Å²) in [5.41, 5.74) is 0.866. The van der Waals surface area contributed by atoms with Gasteiger partial charge in [0.15, 0.2) is 0 Å². The average molecular weight is 257 g/mol. The van der Waals surface area contributed by atoms with Gasteiger partial charge in [-0.3, -0.25) is 9.65 Å². The molecule has 0 aromatic heterocycles. The van der Waals surface area contributed by atoms with Gasteiger partial charge in [-0.2, -0.15) is 0 Å². The fraction of sp³-hybridized carbons (Fsp3) is 0.364. The third-order valence-electron chi connectivity index (χ3n) is 1.88. The lowest BCUT2D eigenvalue weighted by atomic mass is 10.2. The molecule has 1 unspecified atom stereocenters. The molecule has 0 aliphatic carbocycles. The van der Waals surface area contributed by atoms with Gasteiger partial charge in [-0.05, 0) is 12.5 Å². The molecule has 0 spiro atoms. The molecule has 94 valence electrons. The van der Waals surface area contributed by atoms with Crippen molar-refractivity contribution >= 4 is 13.6 Å². The normalized spacial score (nSPS) is 13.8. The molecule has 0 fully saturated rings. The van der Waals surface area contributed by atoms with Crippen molar-refractivity contribution < 1.29 is 18.6 Å². The maximum absolute atomic E-state index is 11.6. The largest absolute Gasteiger partial charge is 0.444 e. The van der Waals surface area contributed by atoms with E-state index in [0.29, 0.717) is 0 Å². The summed E-state index contributed by atoms with van der Waals surface area (Å²) in [7, 11) is -3.09. The molecule has 0 aliphatic heterocycles. The van der Waals surface area contributed by atoms with Crippen LogP contribution >= 0.6 is 7.52 Å². The van der Waals surface area contributed by atoms with E-state index in [1.165, 1.54) is 6.66 Å². The Labute approximate surface area is 101 Å². The Morgan fingerprint density at radius 3 is 2.59 bits per heavy atom. The Kier molecular flexibility index (Phi) is 5.19. The smallest absolute Gasteiger partial charge is 0.414 e. The molecule has 0 heterocycles. The molecule has 1 atom stereocenters. The topological polar surface area (TPSA) is 64.6 Å². The van der Waals surface area contributed by atoms with Gasteiger partial charge in [0.05, 0.1) is 6.61 Å². The van der Waals surface area contributed by atoms with E-state index in [4.69, 9.17) is 9.26 Å². The van der Waals surface area contributed by atoms with Crippen molar-refractivity contribution in [3.8, 4) is 0 Å². The zero-order chi connectivity index (χ0) is 12.7. The van der Waals surface area contributed by atoms with Crippen LogP contribution in [0.2, 0.25) is 0 Å². The summed E-state index contributed by atoms with van der Waals surface area (Å²) in [6.45, 7) is 3.44. The SMILES string of the molecule is CCOP(C)(=O)NC(=O)OCc1ccccc1. The van der Waals surface area contributed by atoms with Crippen LogP contribution in [0, 0.1) is 0 Å². The zero-order valence-corrected chi connectivity index (χ0v) is 10.8. The van der Waals surface area contributed by atoms with E-state index in [-0.39, 0.29) is 13.2 Å². The molecule has 0 radical (unpaired) electrons. The van der Waals surface area contributed by atoms with E-state index in [2.05, 4.69) is 5.09 Å². The van der Waals surface area contributed by atoms with E-state index in [1.54, 1.807) is 6.92 Å². The number of hydrogen-bond acceptors (Lipinski definition) is 4. The first kappa shape index (κ1) is 13.7. The number of ether oxygens (including phenoxy) is 1. The van der Waals surface area contributed by atoms with Crippen LogP contribution in [0.5, 0.6) is 0 Å². The molecule has 1 rings (SSSR count). The van der Waals surface area contributed by atoms with Crippen LogP contribution in [0.4, 0.5) is 4.79 Å². The highest BCUT2D eigenvalue weighted by Crippen LogP contribution is 2.36. The number of carbonyl (C=O) groups excluding carboxylic acids is 1. The number of hydrogen-bond donors (Lipinski definition) is 1. The highest BCUT2D eigenvalue weighted by Gasteiger charge is 2.19. The molecule has 1 N–H and O–H groups in total. The molecular formula is C11H16NO4P. The van der Waals surface area contributed by atoms with Gasteiger partial charge in [0.2, 0.25) is 0 Å². The second-order valence-electron chi connectivity index (χ2n) is 3.44. The van der Waals surface area contributed by atoms with Crippen LogP contribution in [-0.4, -0.2) is 19.4 Å². The zero-order valence-electron chi connectivity index (χ0n) is 9.88. The summed E-state index contributed by atoms with van der Waals surface area (Å²) in [4.78, 5) is 11.3. The average Bonchev–Trinajstić information content (AvgIpc) is 2.27. The number of rotatable bonds is 5. The van der Waals surface area contributed by atoms with Crippen LogP contribution in [-0.2, 0) is 20.4 Å². The molecule has 1 amide bonds. The molecule has 0 saturated carbocycles. The lowest BCUT2D eigenvalue weighted by Gasteiger charge is -2.13. The Bertz CT molecular complexity index is 407. The summed E-state index contributed by atoms with van der Waals surface area (Å²) in [5.74, 6) is 0. The quantitative estimate of drug-likeness (QED) is 0.824. The number of benzene rings is 1. The standard InChI is InChI=1S/C11H16NO4P/c1-3-16-17(2,14)12-11(13)15-9-10-7-5-4-6-8-10/h4-8H,3,9H2,1-2H3,(H,12,13,14). The van der Waals surface area contributed by atoms with Crippen molar-refractivity contribution in [1.29, 1.82) is 0 Å². The summed E-state index contributed by atoms with van der Waals surface area (Å²) in [6, 6.07) is 9.24. The summed E-state index contributed by atoms with van der Waals surface area (Å²) in [5, 5.41) is 2.20. The minimum atomic E-state index is -3.09. The molecule has 1 aromatic rings. The van der Waals surface area contributed by atoms with Crippen molar-refractivity contribution in [1.82, 2.24) is 5.09 Å².